The van der Waals surface area contributed by atoms with Gasteiger partial charge in [-0.2, -0.15) is 14.6 Å². The molecule has 6 aromatic rings. The lowest BCUT2D eigenvalue weighted by Crippen LogP contribution is -2.23. The largest absolute Gasteiger partial charge is 0.496 e. The molecular weight excluding hydrogens is 482 g/mol. The summed E-state index contributed by atoms with van der Waals surface area (Å²) in [4.78, 5) is 18.5. The van der Waals surface area contributed by atoms with E-state index in [0.717, 1.165) is 44.9 Å². The van der Waals surface area contributed by atoms with Gasteiger partial charge in [-0.25, -0.2) is 4.68 Å². The molecule has 0 saturated carbocycles. The molecule has 0 amide bonds. The first-order valence-corrected chi connectivity index (χ1v) is 12.6. The molecule has 182 valence electrons. The number of rotatable bonds is 5. The highest BCUT2D eigenvalue weighted by Gasteiger charge is 2.15. The summed E-state index contributed by atoms with van der Waals surface area (Å²) in [5.74, 6) is 1.36. The van der Waals surface area contributed by atoms with E-state index in [0.29, 0.717) is 15.3 Å². The first-order valence-electron chi connectivity index (χ1n) is 11.8. The quantitative estimate of drug-likeness (QED) is 0.335. The van der Waals surface area contributed by atoms with Crippen molar-refractivity contribution in [1.29, 1.82) is 0 Å². The van der Waals surface area contributed by atoms with Crippen LogP contribution in [0.2, 0.25) is 0 Å². The summed E-state index contributed by atoms with van der Waals surface area (Å²) in [6.07, 6.45) is 3.81. The maximum Gasteiger partial charge on any atom is 0.291 e. The van der Waals surface area contributed by atoms with Crippen LogP contribution in [0.5, 0.6) is 5.75 Å². The summed E-state index contributed by atoms with van der Waals surface area (Å²) in [6.45, 7) is 4.03. The number of benzene rings is 3. The Labute approximate surface area is 216 Å². The number of ether oxygens (including phenoxy) is 1. The second-order valence-corrected chi connectivity index (χ2v) is 9.82. The predicted molar refractivity (Wildman–Crippen MR) is 146 cm³/mol. The van der Waals surface area contributed by atoms with Crippen LogP contribution in [-0.2, 0) is 0 Å². The van der Waals surface area contributed by atoms with E-state index in [1.807, 2.05) is 104 Å². The van der Waals surface area contributed by atoms with Gasteiger partial charge < -0.3 is 4.74 Å². The number of thiazole rings is 1. The van der Waals surface area contributed by atoms with Crippen molar-refractivity contribution in [3.63, 3.8) is 0 Å². The maximum atomic E-state index is 13.3. The summed E-state index contributed by atoms with van der Waals surface area (Å²) in [5.41, 5.74) is 6.32. The van der Waals surface area contributed by atoms with Gasteiger partial charge >= 0.3 is 0 Å². The van der Waals surface area contributed by atoms with Gasteiger partial charge in [-0.15, -0.1) is 5.10 Å². The lowest BCUT2D eigenvalue weighted by molar-refractivity contribution is 0.412. The Balaban J connectivity index is 1.48. The van der Waals surface area contributed by atoms with E-state index in [2.05, 4.69) is 10.1 Å². The fraction of sp³-hybridized carbons (Fsp3) is 0.103. The fourth-order valence-electron chi connectivity index (χ4n) is 4.26. The van der Waals surface area contributed by atoms with Crippen molar-refractivity contribution in [1.82, 2.24) is 24.4 Å². The van der Waals surface area contributed by atoms with Gasteiger partial charge in [0.05, 0.1) is 17.3 Å². The highest BCUT2D eigenvalue weighted by molar-refractivity contribution is 7.15. The molecule has 3 aromatic heterocycles. The molecule has 0 saturated heterocycles. The molecule has 0 fully saturated rings. The summed E-state index contributed by atoms with van der Waals surface area (Å²) < 4.78 is 9.19. The second-order valence-electron chi connectivity index (χ2n) is 8.81. The lowest BCUT2D eigenvalue weighted by Gasteiger charge is -2.06. The SMILES string of the molecule is COc1ccc(-c2nn(-c3ccccc3)cc2/C=c2\sc3nc(-c4ccc(C)cc4)nn3c2=O)cc1C. The minimum absolute atomic E-state index is 0.199. The Morgan fingerprint density at radius 3 is 2.38 bits per heavy atom. The molecule has 0 radical (unpaired) electrons. The topological polar surface area (TPSA) is 74.3 Å². The summed E-state index contributed by atoms with van der Waals surface area (Å²) >= 11 is 1.32. The molecule has 3 heterocycles. The average Bonchev–Trinajstić information content (AvgIpc) is 3.60. The van der Waals surface area contributed by atoms with Crippen LogP contribution in [0.3, 0.4) is 0 Å². The molecule has 3 aromatic carbocycles. The molecule has 0 atom stereocenters. The second kappa shape index (κ2) is 9.15. The third-order valence-electron chi connectivity index (χ3n) is 6.21. The Kier molecular flexibility index (Phi) is 5.65. The van der Waals surface area contributed by atoms with Crippen LogP contribution in [0, 0.1) is 13.8 Å². The van der Waals surface area contributed by atoms with Gasteiger partial charge in [0, 0.05) is 22.9 Å². The van der Waals surface area contributed by atoms with Crippen LogP contribution >= 0.6 is 11.3 Å². The minimum atomic E-state index is -0.199. The zero-order chi connectivity index (χ0) is 25.5. The third-order valence-corrected chi connectivity index (χ3v) is 7.17. The highest BCUT2D eigenvalue weighted by atomic mass is 32.1. The Bertz CT molecular complexity index is 1850. The van der Waals surface area contributed by atoms with E-state index in [9.17, 15) is 4.79 Å². The van der Waals surface area contributed by atoms with E-state index in [1.165, 1.54) is 15.9 Å². The number of methoxy groups -OCH3 is 1. The van der Waals surface area contributed by atoms with Crippen molar-refractivity contribution in [2.45, 2.75) is 13.8 Å². The van der Waals surface area contributed by atoms with Crippen LogP contribution in [0.15, 0.2) is 83.8 Å². The molecule has 7 nitrogen and oxygen atoms in total. The number of nitrogens with zero attached hydrogens (tertiary/aromatic N) is 5. The van der Waals surface area contributed by atoms with Crippen LogP contribution in [-0.4, -0.2) is 31.5 Å². The normalized spacial score (nSPS) is 11.9. The molecule has 8 heteroatoms. The molecule has 0 aliphatic rings. The van der Waals surface area contributed by atoms with Crippen molar-refractivity contribution < 1.29 is 4.74 Å². The van der Waals surface area contributed by atoms with Gasteiger partial charge in [0.2, 0.25) is 4.96 Å². The summed E-state index contributed by atoms with van der Waals surface area (Å²) in [5, 5.41) is 9.37. The van der Waals surface area contributed by atoms with Gasteiger partial charge in [-0.05, 0) is 55.8 Å². The van der Waals surface area contributed by atoms with Crippen molar-refractivity contribution in [3.8, 4) is 34.1 Å². The number of para-hydroxylation sites is 1. The van der Waals surface area contributed by atoms with E-state index >= 15 is 0 Å². The van der Waals surface area contributed by atoms with Crippen molar-refractivity contribution >= 4 is 22.4 Å². The predicted octanol–water partition coefficient (Wildman–Crippen LogP) is 4.84. The number of hydrogen-bond acceptors (Lipinski definition) is 6. The average molecular weight is 506 g/mol. The molecule has 0 unspecified atom stereocenters. The molecule has 37 heavy (non-hydrogen) atoms. The molecular formula is C29H23N5O2S. The fourth-order valence-corrected chi connectivity index (χ4v) is 5.15. The van der Waals surface area contributed by atoms with E-state index in [-0.39, 0.29) is 5.56 Å². The van der Waals surface area contributed by atoms with Crippen molar-refractivity contribution in [2.24, 2.45) is 0 Å². The lowest BCUT2D eigenvalue weighted by atomic mass is 10.0. The highest BCUT2D eigenvalue weighted by Crippen LogP contribution is 2.29. The van der Waals surface area contributed by atoms with Gasteiger partial charge in [-0.3, -0.25) is 4.79 Å². The Morgan fingerprint density at radius 1 is 0.919 bits per heavy atom. The zero-order valence-corrected chi connectivity index (χ0v) is 21.4. The number of fused-ring (bicyclic) bond motifs is 1. The molecule has 0 N–H and O–H groups in total. The number of aromatic nitrogens is 5. The molecule has 0 aliphatic heterocycles. The monoisotopic (exact) mass is 505 g/mol. The standard InChI is InChI=1S/C29H23N5O2S/c1-18-9-11-20(12-10-18)27-30-29-34(32-27)28(35)25(37-29)16-22-17-33(23-7-5-4-6-8-23)31-26(22)21-13-14-24(36-3)19(2)15-21/h4-17H,1-3H3/b25-16-. The first kappa shape index (κ1) is 22.9. The van der Waals surface area contributed by atoms with Gasteiger partial charge in [0.1, 0.15) is 11.4 Å². The number of hydrogen-bond donors (Lipinski definition) is 0. The zero-order valence-electron chi connectivity index (χ0n) is 20.5. The smallest absolute Gasteiger partial charge is 0.291 e. The summed E-state index contributed by atoms with van der Waals surface area (Å²) in [6, 6.07) is 23.8. The maximum absolute atomic E-state index is 13.3. The van der Waals surface area contributed by atoms with Crippen molar-refractivity contribution in [2.75, 3.05) is 7.11 Å². The number of aryl methyl sites for hydroxylation is 2. The minimum Gasteiger partial charge on any atom is -0.496 e. The van der Waals surface area contributed by atoms with E-state index in [1.54, 1.807) is 7.11 Å². The van der Waals surface area contributed by atoms with E-state index in [4.69, 9.17) is 9.84 Å². The van der Waals surface area contributed by atoms with Gasteiger partial charge in [-0.1, -0.05) is 59.4 Å². The molecule has 6 rings (SSSR count). The summed E-state index contributed by atoms with van der Waals surface area (Å²) in [7, 11) is 1.66. The molecule has 0 bridgehead atoms. The van der Waals surface area contributed by atoms with Crippen LogP contribution in [0.1, 0.15) is 16.7 Å². The first-order chi connectivity index (χ1) is 18.0. The third kappa shape index (κ3) is 4.21. The van der Waals surface area contributed by atoms with Crippen LogP contribution in [0.25, 0.3) is 39.4 Å². The Hall–Kier alpha value is -4.56. The van der Waals surface area contributed by atoms with Crippen LogP contribution < -0.4 is 14.8 Å². The van der Waals surface area contributed by atoms with E-state index < -0.39 is 0 Å². The van der Waals surface area contributed by atoms with Crippen molar-refractivity contribution in [3.05, 3.63) is 111 Å². The van der Waals surface area contributed by atoms with Gasteiger partial charge in [0.25, 0.3) is 5.56 Å². The molecule has 0 spiro atoms. The molecule has 0 aliphatic carbocycles. The Morgan fingerprint density at radius 2 is 1.68 bits per heavy atom. The van der Waals surface area contributed by atoms with Crippen LogP contribution in [0.4, 0.5) is 0 Å². The van der Waals surface area contributed by atoms with Gasteiger partial charge in [0.15, 0.2) is 5.82 Å².